The zero-order chi connectivity index (χ0) is 24.8. The molecule has 1 heterocycles. The van der Waals surface area contributed by atoms with E-state index in [0.29, 0.717) is 41.6 Å². The summed E-state index contributed by atoms with van der Waals surface area (Å²) >= 11 is 7.61. The highest BCUT2D eigenvalue weighted by molar-refractivity contribution is 7.09. The van der Waals surface area contributed by atoms with Crippen molar-refractivity contribution in [3.63, 3.8) is 0 Å². The van der Waals surface area contributed by atoms with E-state index in [1.54, 1.807) is 54.7 Å². The van der Waals surface area contributed by atoms with Gasteiger partial charge in [0.25, 0.3) is 5.91 Å². The van der Waals surface area contributed by atoms with Gasteiger partial charge < -0.3 is 19.3 Å². The van der Waals surface area contributed by atoms with Crippen LogP contribution in [0.4, 0.5) is 0 Å². The Morgan fingerprint density at radius 2 is 1.77 bits per heavy atom. The minimum absolute atomic E-state index is 0.0590. The zero-order valence-corrected chi connectivity index (χ0v) is 21.5. The molecule has 184 valence electrons. The molecular formula is C27H29ClN2O4S. The summed E-state index contributed by atoms with van der Waals surface area (Å²) < 4.78 is 10.8. The number of hydrogen-bond donors (Lipinski definition) is 0. The molecule has 0 unspecified atom stereocenters. The van der Waals surface area contributed by atoms with Crippen LogP contribution in [0.15, 0.2) is 60.0 Å². The number of benzene rings is 2. The van der Waals surface area contributed by atoms with Crippen LogP contribution in [-0.2, 0) is 17.8 Å². The van der Waals surface area contributed by atoms with E-state index >= 15 is 0 Å². The maximum Gasteiger partial charge on any atom is 0.254 e. The van der Waals surface area contributed by atoms with Crippen molar-refractivity contribution in [3.8, 4) is 11.5 Å². The van der Waals surface area contributed by atoms with Gasteiger partial charge in [0.2, 0.25) is 5.91 Å². The summed E-state index contributed by atoms with van der Waals surface area (Å²) in [6.45, 7) is 1.10. The predicted octanol–water partition coefficient (Wildman–Crippen LogP) is 5.29. The molecule has 1 aliphatic rings. The van der Waals surface area contributed by atoms with Gasteiger partial charge in [-0.1, -0.05) is 23.7 Å². The second kappa shape index (κ2) is 11.6. The first-order valence-electron chi connectivity index (χ1n) is 11.6. The highest BCUT2D eigenvalue weighted by atomic mass is 35.5. The lowest BCUT2D eigenvalue weighted by Crippen LogP contribution is -2.44. The number of hydrogen-bond acceptors (Lipinski definition) is 5. The largest absolute Gasteiger partial charge is 0.493 e. The fourth-order valence-electron chi connectivity index (χ4n) is 3.94. The molecule has 0 bridgehead atoms. The Morgan fingerprint density at radius 1 is 1.03 bits per heavy atom. The quantitative estimate of drug-likeness (QED) is 0.350. The van der Waals surface area contributed by atoms with Crippen LogP contribution in [0, 0.1) is 0 Å². The maximum atomic E-state index is 13.5. The average molecular weight is 513 g/mol. The Hall–Kier alpha value is -3.03. The smallest absolute Gasteiger partial charge is 0.254 e. The number of amides is 2. The molecule has 0 radical (unpaired) electrons. The number of thiophene rings is 1. The minimum atomic E-state index is -0.131. The normalized spacial score (nSPS) is 12.8. The lowest BCUT2D eigenvalue weighted by molar-refractivity contribution is -0.132. The predicted molar refractivity (Wildman–Crippen MR) is 138 cm³/mol. The fourth-order valence-corrected chi connectivity index (χ4v) is 4.79. The van der Waals surface area contributed by atoms with E-state index in [1.165, 1.54) is 0 Å². The van der Waals surface area contributed by atoms with Crippen molar-refractivity contribution < 1.29 is 19.1 Å². The Bertz CT molecular complexity index is 1150. The summed E-state index contributed by atoms with van der Waals surface area (Å²) in [5.74, 6) is 1.14. The van der Waals surface area contributed by atoms with Crippen LogP contribution in [0.5, 0.6) is 11.5 Å². The third kappa shape index (κ3) is 6.55. The van der Waals surface area contributed by atoms with Crippen molar-refractivity contribution in [2.24, 2.45) is 0 Å². The van der Waals surface area contributed by atoms with Crippen molar-refractivity contribution in [1.29, 1.82) is 0 Å². The fraction of sp³-hybridized carbons (Fsp3) is 0.333. The van der Waals surface area contributed by atoms with E-state index in [-0.39, 0.29) is 24.4 Å². The van der Waals surface area contributed by atoms with Crippen LogP contribution < -0.4 is 9.47 Å². The van der Waals surface area contributed by atoms with Crippen molar-refractivity contribution >= 4 is 34.8 Å². The molecular weight excluding hydrogens is 484 g/mol. The van der Waals surface area contributed by atoms with E-state index in [0.717, 1.165) is 23.3 Å². The Labute approximate surface area is 215 Å². The van der Waals surface area contributed by atoms with Gasteiger partial charge in [0.1, 0.15) is 6.54 Å². The lowest BCUT2D eigenvalue weighted by atomic mass is 10.1. The molecule has 0 atom stereocenters. The number of carbonyl (C=O) groups is 2. The van der Waals surface area contributed by atoms with Crippen LogP contribution in [0.1, 0.15) is 33.6 Å². The van der Waals surface area contributed by atoms with Gasteiger partial charge in [-0.2, -0.15) is 0 Å². The standard InChI is InChI=1S/C27H29ClN2O4S/c1-33-24-12-5-19(16-25(24)34-2)13-14-29(17-23-4-3-15-35-23)26(31)18-30(22-10-11-22)27(32)20-6-8-21(28)9-7-20/h3-9,12,15-16,22H,10-11,13-14,17-18H2,1-2H3. The summed E-state index contributed by atoms with van der Waals surface area (Å²) in [5, 5.41) is 2.58. The lowest BCUT2D eigenvalue weighted by Gasteiger charge is -2.28. The van der Waals surface area contributed by atoms with Crippen LogP contribution in [-0.4, -0.2) is 55.0 Å². The summed E-state index contributed by atoms with van der Waals surface area (Å²) in [6.07, 6.45) is 2.50. The molecule has 0 aliphatic heterocycles. The minimum Gasteiger partial charge on any atom is -0.493 e. The van der Waals surface area contributed by atoms with E-state index < -0.39 is 0 Å². The molecule has 1 fully saturated rings. The number of carbonyl (C=O) groups excluding carboxylic acids is 2. The van der Waals surface area contributed by atoms with Gasteiger partial charge in [0.05, 0.1) is 20.8 Å². The van der Waals surface area contributed by atoms with E-state index in [9.17, 15) is 9.59 Å². The summed E-state index contributed by atoms with van der Waals surface area (Å²) in [7, 11) is 3.22. The van der Waals surface area contributed by atoms with E-state index in [1.807, 2.05) is 40.6 Å². The molecule has 6 nitrogen and oxygen atoms in total. The Kier molecular flexibility index (Phi) is 8.31. The molecule has 1 aromatic heterocycles. The highest BCUT2D eigenvalue weighted by Gasteiger charge is 2.35. The molecule has 3 aromatic rings. The second-order valence-corrected chi connectivity index (χ2v) is 9.97. The van der Waals surface area contributed by atoms with Crippen molar-refractivity contribution in [3.05, 3.63) is 81.0 Å². The first-order valence-corrected chi connectivity index (χ1v) is 12.8. The molecule has 1 saturated carbocycles. The van der Waals surface area contributed by atoms with E-state index in [2.05, 4.69) is 0 Å². The van der Waals surface area contributed by atoms with Crippen LogP contribution in [0.25, 0.3) is 0 Å². The monoisotopic (exact) mass is 512 g/mol. The van der Waals surface area contributed by atoms with Gasteiger partial charge >= 0.3 is 0 Å². The summed E-state index contributed by atoms with van der Waals surface area (Å²) in [4.78, 5) is 31.4. The van der Waals surface area contributed by atoms with Crippen LogP contribution in [0.2, 0.25) is 5.02 Å². The van der Waals surface area contributed by atoms with Crippen LogP contribution in [0.3, 0.4) is 0 Å². The number of methoxy groups -OCH3 is 2. The number of nitrogens with zero attached hydrogens (tertiary/aromatic N) is 2. The molecule has 0 spiro atoms. The molecule has 2 aromatic carbocycles. The van der Waals surface area contributed by atoms with Gasteiger partial charge in [-0.05, 0) is 72.7 Å². The summed E-state index contributed by atoms with van der Waals surface area (Å²) in [5.41, 5.74) is 1.59. The van der Waals surface area contributed by atoms with Crippen LogP contribution >= 0.6 is 22.9 Å². The van der Waals surface area contributed by atoms with E-state index in [4.69, 9.17) is 21.1 Å². The average Bonchev–Trinajstić information content (AvgIpc) is 3.59. The number of rotatable bonds is 11. The molecule has 35 heavy (non-hydrogen) atoms. The SMILES string of the molecule is COc1ccc(CCN(Cc2cccs2)C(=O)CN(C(=O)c2ccc(Cl)cc2)C2CC2)cc1OC. The number of halogens is 1. The molecule has 1 aliphatic carbocycles. The third-order valence-electron chi connectivity index (χ3n) is 6.04. The highest BCUT2D eigenvalue weighted by Crippen LogP contribution is 2.30. The molecule has 0 N–H and O–H groups in total. The Balaban J connectivity index is 1.48. The van der Waals surface area contributed by atoms with Gasteiger partial charge in [0, 0.05) is 28.0 Å². The van der Waals surface area contributed by atoms with Crippen molar-refractivity contribution in [1.82, 2.24) is 9.80 Å². The topological polar surface area (TPSA) is 59.1 Å². The zero-order valence-electron chi connectivity index (χ0n) is 19.9. The summed E-state index contributed by atoms with van der Waals surface area (Å²) in [6, 6.07) is 16.7. The maximum absolute atomic E-state index is 13.5. The number of ether oxygens (including phenoxy) is 2. The van der Waals surface area contributed by atoms with Gasteiger partial charge in [0.15, 0.2) is 11.5 Å². The molecule has 8 heteroatoms. The van der Waals surface area contributed by atoms with Gasteiger partial charge in [-0.25, -0.2) is 0 Å². The molecule has 0 saturated heterocycles. The first-order chi connectivity index (χ1) is 17.0. The molecule has 4 rings (SSSR count). The Morgan fingerprint density at radius 3 is 2.40 bits per heavy atom. The van der Waals surface area contributed by atoms with Crippen molar-refractivity contribution in [2.75, 3.05) is 27.3 Å². The van der Waals surface area contributed by atoms with Gasteiger partial charge in [-0.3, -0.25) is 9.59 Å². The molecule has 2 amide bonds. The first kappa shape index (κ1) is 25.1. The van der Waals surface area contributed by atoms with Crippen molar-refractivity contribution in [2.45, 2.75) is 31.8 Å². The second-order valence-electron chi connectivity index (χ2n) is 8.51. The third-order valence-corrected chi connectivity index (χ3v) is 7.16. The van der Waals surface area contributed by atoms with Gasteiger partial charge in [-0.15, -0.1) is 11.3 Å².